The second kappa shape index (κ2) is 8.41. The molecule has 1 amide bonds. The summed E-state index contributed by atoms with van der Waals surface area (Å²) in [5.74, 6) is 0. The van der Waals surface area contributed by atoms with Gasteiger partial charge in [0.2, 0.25) is 0 Å². The minimum absolute atomic E-state index is 0.406. The maximum absolute atomic E-state index is 12.7. The van der Waals surface area contributed by atoms with Crippen molar-refractivity contribution in [1.29, 1.82) is 0 Å². The zero-order valence-corrected chi connectivity index (χ0v) is 17.0. The topological polar surface area (TPSA) is 62.8 Å². The molecule has 1 saturated heterocycles. The Morgan fingerprint density at radius 1 is 1.13 bits per heavy atom. The standard InChI is InChI=1S/C21H19ClF3N3O3/c22-16-3-1-2-4-17(16)26-19(29)30-28-11-9-20(10-12-28)13-18(27-31-20)14-5-7-15(8-6-14)21(23,24)25/h1-8,13,27H,9-12H2,(H,26,29). The van der Waals surface area contributed by atoms with Crippen molar-refractivity contribution in [3.63, 3.8) is 0 Å². The van der Waals surface area contributed by atoms with E-state index in [2.05, 4.69) is 10.8 Å². The highest BCUT2D eigenvalue weighted by Gasteiger charge is 2.40. The lowest BCUT2D eigenvalue weighted by Gasteiger charge is -2.35. The van der Waals surface area contributed by atoms with Crippen LogP contribution in [0.15, 0.2) is 54.6 Å². The summed E-state index contributed by atoms with van der Waals surface area (Å²) in [7, 11) is 0. The monoisotopic (exact) mass is 453 g/mol. The van der Waals surface area contributed by atoms with Crippen LogP contribution >= 0.6 is 11.6 Å². The smallest absolute Gasteiger partial charge is 0.351 e. The molecule has 0 aromatic heterocycles. The number of para-hydroxylation sites is 1. The molecule has 2 aromatic rings. The summed E-state index contributed by atoms with van der Waals surface area (Å²) in [6.45, 7) is 0.850. The number of rotatable bonds is 3. The number of halogens is 4. The molecule has 2 aromatic carbocycles. The summed E-state index contributed by atoms with van der Waals surface area (Å²) in [5.41, 5.74) is 3.16. The summed E-state index contributed by atoms with van der Waals surface area (Å²) < 4.78 is 38.2. The van der Waals surface area contributed by atoms with Crippen molar-refractivity contribution in [2.45, 2.75) is 24.6 Å². The molecule has 2 N–H and O–H groups in total. The number of piperidine rings is 1. The number of anilines is 1. The number of alkyl halides is 3. The molecule has 6 nitrogen and oxygen atoms in total. The molecule has 2 heterocycles. The summed E-state index contributed by atoms with van der Waals surface area (Å²) in [4.78, 5) is 23.2. The number of amides is 1. The van der Waals surface area contributed by atoms with E-state index in [9.17, 15) is 18.0 Å². The fourth-order valence-electron chi connectivity index (χ4n) is 3.47. The largest absolute Gasteiger partial charge is 0.430 e. The second-order valence-electron chi connectivity index (χ2n) is 7.31. The Hall–Kier alpha value is -2.75. The zero-order valence-electron chi connectivity index (χ0n) is 16.2. The highest BCUT2D eigenvalue weighted by molar-refractivity contribution is 6.33. The van der Waals surface area contributed by atoms with E-state index in [4.69, 9.17) is 21.3 Å². The molecule has 1 fully saturated rings. The number of hydrogen-bond acceptors (Lipinski definition) is 5. The normalized spacial score (nSPS) is 18.4. The van der Waals surface area contributed by atoms with Crippen molar-refractivity contribution in [3.05, 3.63) is 70.8 Å². The van der Waals surface area contributed by atoms with Crippen LogP contribution in [0, 0.1) is 0 Å². The number of hydrogen-bond donors (Lipinski definition) is 2. The molecule has 0 bridgehead atoms. The van der Waals surface area contributed by atoms with E-state index in [1.165, 1.54) is 17.2 Å². The molecule has 164 valence electrons. The predicted octanol–water partition coefficient (Wildman–Crippen LogP) is 5.23. The first kappa shape index (κ1) is 21.5. The Morgan fingerprint density at radius 2 is 1.81 bits per heavy atom. The number of nitrogens with zero attached hydrogens (tertiary/aromatic N) is 1. The third-order valence-electron chi connectivity index (χ3n) is 5.19. The second-order valence-corrected chi connectivity index (χ2v) is 7.72. The molecule has 4 rings (SSSR count). The van der Waals surface area contributed by atoms with Crippen LogP contribution in [0.2, 0.25) is 5.02 Å². The quantitative estimate of drug-likeness (QED) is 0.666. The van der Waals surface area contributed by atoms with Crippen LogP contribution in [0.3, 0.4) is 0 Å². The van der Waals surface area contributed by atoms with E-state index in [0.717, 1.165) is 12.1 Å². The average molecular weight is 454 g/mol. The van der Waals surface area contributed by atoms with Gasteiger partial charge in [0.1, 0.15) is 5.60 Å². The van der Waals surface area contributed by atoms with Crippen LogP contribution in [0.5, 0.6) is 0 Å². The Balaban J connectivity index is 1.33. The fourth-order valence-corrected chi connectivity index (χ4v) is 3.66. The van der Waals surface area contributed by atoms with Gasteiger partial charge >= 0.3 is 12.3 Å². The van der Waals surface area contributed by atoms with Crippen molar-refractivity contribution < 1.29 is 27.6 Å². The van der Waals surface area contributed by atoms with Gasteiger partial charge in [-0.05, 0) is 48.7 Å². The number of carbonyl (C=O) groups is 1. The SMILES string of the molecule is O=C(Nc1ccccc1Cl)ON1CCC2(C=C(c3ccc(C(F)(F)F)cc3)NO2)CC1. The molecule has 0 saturated carbocycles. The number of nitrogens with one attached hydrogen (secondary N) is 2. The summed E-state index contributed by atoms with van der Waals surface area (Å²) >= 11 is 6.02. The van der Waals surface area contributed by atoms with Crippen molar-refractivity contribution >= 4 is 29.1 Å². The number of benzene rings is 2. The Morgan fingerprint density at radius 3 is 2.45 bits per heavy atom. The van der Waals surface area contributed by atoms with Crippen molar-refractivity contribution in [2.75, 3.05) is 18.4 Å². The first-order chi connectivity index (χ1) is 14.7. The van der Waals surface area contributed by atoms with Gasteiger partial charge in [-0.3, -0.25) is 15.6 Å². The minimum atomic E-state index is -4.38. The summed E-state index contributed by atoms with van der Waals surface area (Å²) in [6, 6.07) is 11.7. The van der Waals surface area contributed by atoms with Crippen molar-refractivity contribution in [1.82, 2.24) is 10.5 Å². The van der Waals surface area contributed by atoms with Gasteiger partial charge in [0.25, 0.3) is 0 Å². The highest BCUT2D eigenvalue weighted by Crippen LogP contribution is 2.36. The van der Waals surface area contributed by atoms with E-state index in [0.29, 0.717) is 47.9 Å². The molecule has 2 aliphatic rings. The lowest BCUT2D eigenvalue weighted by Crippen LogP contribution is -2.45. The molecule has 31 heavy (non-hydrogen) atoms. The maximum atomic E-state index is 12.7. The van der Waals surface area contributed by atoms with Gasteiger partial charge in [0.05, 0.1) is 22.0 Å². The van der Waals surface area contributed by atoms with E-state index in [1.54, 1.807) is 24.3 Å². The third kappa shape index (κ3) is 4.95. The minimum Gasteiger partial charge on any atom is -0.351 e. The predicted molar refractivity (Wildman–Crippen MR) is 109 cm³/mol. The Bertz CT molecular complexity index is 987. The molecule has 0 radical (unpaired) electrons. The van der Waals surface area contributed by atoms with E-state index in [-0.39, 0.29) is 0 Å². The van der Waals surface area contributed by atoms with E-state index in [1.807, 2.05) is 6.08 Å². The molecule has 1 spiro atoms. The molecule has 2 aliphatic heterocycles. The van der Waals surface area contributed by atoms with Crippen molar-refractivity contribution in [3.8, 4) is 0 Å². The van der Waals surface area contributed by atoms with Gasteiger partial charge in [0.15, 0.2) is 0 Å². The molecular formula is C21H19ClF3N3O3. The lowest BCUT2D eigenvalue weighted by atomic mass is 9.91. The number of carbonyl (C=O) groups excluding carboxylic acids is 1. The van der Waals surface area contributed by atoms with Crippen LogP contribution in [0.4, 0.5) is 23.7 Å². The molecule has 0 aliphatic carbocycles. The van der Waals surface area contributed by atoms with Crippen LogP contribution in [-0.2, 0) is 15.9 Å². The fraction of sp³-hybridized carbons (Fsp3) is 0.286. The first-order valence-electron chi connectivity index (χ1n) is 9.57. The van der Waals surface area contributed by atoms with Gasteiger partial charge < -0.3 is 4.84 Å². The summed E-state index contributed by atoms with van der Waals surface area (Å²) in [6.07, 6.45) is -2.09. The average Bonchev–Trinajstić information content (AvgIpc) is 3.15. The first-order valence-corrected chi connectivity index (χ1v) is 9.95. The Labute approximate surface area is 181 Å². The van der Waals surface area contributed by atoms with Gasteiger partial charge in [-0.2, -0.15) is 13.2 Å². The maximum Gasteiger partial charge on any atom is 0.430 e. The van der Waals surface area contributed by atoms with E-state index >= 15 is 0 Å². The van der Waals surface area contributed by atoms with Crippen molar-refractivity contribution in [2.24, 2.45) is 0 Å². The molecule has 10 heteroatoms. The third-order valence-corrected chi connectivity index (χ3v) is 5.52. The molecule has 0 atom stereocenters. The van der Waals surface area contributed by atoms with Crippen LogP contribution in [0.25, 0.3) is 5.70 Å². The van der Waals surface area contributed by atoms with Gasteiger partial charge in [0, 0.05) is 13.1 Å². The lowest BCUT2D eigenvalue weighted by molar-refractivity contribution is -0.153. The highest BCUT2D eigenvalue weighted by atomic mass is 35.5. The summed E-state index contributed by atoms with van der Waals surface area (Å²) in [5, 5.41) is 4.53. The van der Waals surface area contributed by atoms with Crippen LogP contribution in [-0.4, -0.2) is 29.8 Å². The molecule has 0 unspecified atom stereocenters. The van der Waals surface area contributed by atoms with Crippen LogP contribution < -0.4 is 10.8 Å². The van der Waals surface area contributed by atoms with Gasteiger partial charge in [-0.25, -0.2) is 4.79 Å². The number of hydroxylamine groups is 3. The van der Waals surface area contributed by atoms with Gasteiger partial charge in [-0.15, -0.1) is 5.06 Å². The van der Waals surface area contributed by atoms with Crippen LogP contribution in [0.1, 0.15) is 24.0 Å². The zero-order chi connectivity index (χ0) is 22.1. The van der Waals surface area contributed by atoms with Gasteiger partial charge in [-0.1, -0.05) is 35.9 Å². The van der Waals surface area contributed by atoms with E-state index < -0.39 is 23.4 Å². The molecular weight excluding hydrogens is 435 g/mol. The Kier molecular flexibility index (Phi) is 5.83.